The Kier molecular flexibility index (Phi) is 6.88. The number of hydrogen-bond donors (Lipinski definition) is 0. The first-order chi connectivity index (χ1) is 12.7. The van der Waals surface area contributed by atoms with E-state index < -0.39 is 18.0 Å². The minimum absolute atomic E-state index is 0.00416. The molecule has 0 amide bonds. The zero-order valence-corrected chi connectivity index (χ0v) is 16.0. The Bertz CT molecular complexity index is 712. The Morgan fingerprint density at radius 2 is 2.04 bits per heavy atom. The van der Waals surface area contributed by atoms with Crippen LogP contribution in [0.25, 0.3) is 0 Å². The van der Waals surface area contributed by atoms with E-state index in [9.17, 15) is 19.2 Å². The topological polar surface area (TPSA) is 86.7 Å². The molecule has 1 saturated heterocycles. The fraction of sp³-hybridized carbons (Fsp3) is 0.524. The van der Waals surface area contributed by atoms with E-state index in [4.69, 9.17) is 9.47 Å². The summed E-state index contributed by atoms with van der Waals surface area (Å²) in [4.78, 5) is 47.4. The van der Waals surface area contributed by atoms with E-state index >= 15 is 0 Å². The first-order valence-electron chi connectivity index (χ1n) is 9.14. The van der Waals surface area contributed by atoms with E-state index in [0.717, 1.165) is 6.29 Å². The number of Topliss-reactive ketones (excluding diaryl/α,β-unsaturated/α-hetero) is 1. The van der Waals surface area contributed by atoms with Gasteiger partial charge in [0.1, 0.15) is 24.8 Å². The summed E-state index contributed by atoms with van der Waals surface area (Å²) in [5.74, 6) is -1.91. The highest BCUT2D eigenvalue weighted by atomic mass is 16.6. The third kappa shape index (κ3) is 5.02. The zero-order chi connectivity index (χ0) is 20.1. The molecule has 0 bridgehead atoms. The molecule has 2 aliphatic rings. The molecule has 146 valence electrons. The van der Waals surface area contributed by atoms with Crippen LogP contribution < -0.4 is 0 Å². The Labute approximate surface area is 159 Å². The van der Waals surface area contributed by atoms with Crippen molar-refractivity contribution >= 4 is 24.0 Å². The van der Waals surface area contributed by atoms with Gasteiger partial charge in [0.05, 0.1) is 5.92 Å². The van der Waals surface area contributed by atoms with E-state index in [1.54, 1.807) is 19.9 Å². The maximum absolute atomic E-state index is 12.2. The average Bonchev–Trinajstić information content (AvgIpc) is 2.88. The van der Waals surface area contributed by atoms with E-state index in [1.165, 1.54) is 6.92 Å². The molecule has 0 aromatic carbocycles. The van der Waals surface area contributed by atoms with Crippen LogP contribution in [0.4, 0.5) is 0 Å². The molecule has 0 aromatic heterocycles. The Morgan fingerprint density at radius 3 is 2.63 bits per heavy atom. The van der Waals surface area contributed by atoms with Crippen LogP contribution in [-0.2, 0) is 28.7 Å². The van der Waals surface area contributed by atoms with Crippen LogP contribution in [0, 0.1) is 17.8 Å². The van der Waals surface area contributed by atoms with Gasteiger partial charge in [0.2, 0.25) is 0 Å². The maximum Gasteiger partial charge on any atom is 0.334 e. The molecular formula is C21H26O6. The minimum Gasteiger partial charge on any atom is -0.461 e. The summed E-state index contributed by atoms with van der Waals surface area (Å²) in [7, 11) is 0. The number of aldehydes is 1. The number of carbonyl (C=O) groups is 4. The predicted molar refractivity (Wildman–Crippen MR) is 98.6 cm³/mol. The number of esters is 2. The molecule has 0 saturated carbocycles. The Morgan fingerprint density at radius 1 is 1.33 bits per heavy atom. The van der Waals surface area contributed by atoms with E-state index in [0.29, 0.717) is 36.0 Å². The van der Waals surface area contributed by atoms with Crippen molar-refractivity contribution in [3.05, 3.63) is 35.5 Å². The van der Waals surface area contributed by atoms with E-state index in [-0.39, 0.29) is 30.2 Å². The second-order valence-corrected chi connectivity index (χ2v) is 7.35. The maximum atomic E-state index is 12.2. The van der Waals surface area contributed by atoms with Crippen molar-refractivity contribution in [2.75, 3.05) is 6.61 Å². The van der Waals surface area contributed by atoms with Crippen molar-refractivity contribution in [1.29, 1.82) is 0 Å². The lowest BCUT2D eigenvalue weighted by Crippen LogP contribution is -2.23. The highest BCUT2D eigenvalue weighted by Crippen LogP contribution is 2.35. The van der Waals surface area contributed by atoms with Gasteiger partial charge in [0.25, 0.3) is 0 Å². The van der Waals surface area contributed by atoms with Gasteiger partial charge in [-0.15, -0.1) is 0 Å². The van der Waals surface area contributed by atoms with Crippen molar-refractivity contribution in [2.24, 2.45) is 17.8 Å². The molecule has 0 radical (unpaired) electrons. The third-order valence-electron chi connectivity index (χ3n) is 5.05. The number of ketones is 1. The summed E-state index contributed by atoms with van der Waals surface area (Å²) < 4.78 is 10.7. The summed E-state index contributed by atoms with van der Waals surface area (Å²) in [6.45, 7) is 8.77. The second-order valence-electron chi connectivity index (χ2n) is 7.35. The van der Waals surface area contributed by atoms with Gasteiger partial charge in [-0.2, -0.15) is 0 Å². The van der Waals surface area contributed by atoms with E-state index in [1.807, 2.05) is 6.08 Å². The number of allylic oxidation sites excluding steroid dienone is 2. The number of fused-ring (bicyclic) bond motifs is 1. The molecule has 0 unspecified atom stereocenters. The van der Waals surface area contributed by atoms with Gasteiger partial charge < -0.3 is 9.47 Å². The van der Waals surface area contributed by atoms with Crippen LogP contribution in [-0.4, -0.2) is 36.7 Å². The Balaban J connectivity index is 2.35. The number of carbonyl (C=O) groups excluding carboxylic acids is 4. The molecule has 1 heterocycles. The molecule has 0 N–H and O–H groups in total. The average molecular weight is 374 g/mol. The van der Waals surface area contributed by atoms with E-state index in [2.05, 4.69) is 6.58 Å². The zero-order valence-electron chi connectivity index (χ0n) is 16.0. The van der Waals surface area contributed by atoms with Gasteiger partial charge in [-0.25, -0.2) is 4.79 Å². The summed E-state index contributed by atoms with van der Waals surface area (Å²) in [5.41, 5.74) is 1.52. The van der Waals surface area contributed by atoms with Crippen LogP contribution >= 0.6 is 0 Å². The van der Waals surface area contributed by atoms with Gasteiger partial charge in [0.15, 0.2) is 0 Å². The summed E-state index contributed by atoms with van der Waals surface area (Å²) in [6, 6.07) is 0. The SMILES string of the molecule is C=C1C(=O)O[C@H]2C/C(C=O)=C\C[C@@H](C(C)=O)/C(COC(=O)C(C)C)=C/C[C@H]12. The van der Waals surface area contributed by atoms with Gasteiger partial charge in [0, 0.05) is 23.8 Å². The highest BCUT2D eigenvalue weighted by Gasteiger charge is 2.38. The Hall–Kier alpha value is -2.50. The summed E-state index contributed by atoms with van der Waals surface area (Å²) in [5, 5.41) is 0. The molecule has 6 nitrogen and oxygen atoms in total. The quantitative estimate of drug-likeness (QED) is 0.318. The van der Waals surface area contributed by atoms with Crippen molar-refractivity contribution in [3.8, 4) is 0 Å². The van der Waals surface area contributed by atoms with Crippen molar-refractivity contribution in [3.63, 3.8) is 0 Å². The minimum atomic E-state index is -0.484. The molecule has 3 atom stereocenters. The number of rotatable bonds is 5. The standard InChI is InChI=1S/C21H26O6/c1-12(2)20(24)26-11-16-6-8-17-13(3)21(25)27-19(17)9-15(10-22)5-7-18(16)14(4)23/h5-6,10,12,17-19H,3,7-9,11H2,1-2,4H3/b15-5+,16-6+/t17-,18+,19+/m1/s1. The molecule has 0 aromatic rings. The van der Waals surface area contributed by atoms with Crippen LogP contribution in [0.15, 0.2) is 35.5 Å². The van der Waals surface area contributed by atoms with Gasteiger partial charge in [-0.1, -0.05) is 32.6 Å². The van der Waals surface area contributed by atoms with Gasteiger partial charge >= 0.3 is 11.9 Å². The first-order valence-corrected chi connectivity index (χ1v) is 9.14. The lowest BCUT2D eigenvalue weighted by atomic mass is 9.84. The predicted octanol–water partition coefficient (Wildman–Crippen LogP) is 2.72. The van der Waals surface area contributed by atoms with Crippen LogP contribution in [0.5, 0.6) is 0 Å². The van der Waals surface area contributed by atoms with Crippen molar-refractivity contribution in [1.82, 2.24) is 0 Å². The van der Waals surface area contributed by atoms with Crippen molar-refractivity contribution in [2.45, 2.75) is 46.1 Å². The number of hydrogen-bond acceptors (Lipinski definition) is 6. The molecule has 1 fully saturated rings. The molecule has 2 rings (SSSR count). The lowest BCUT2D eigenvalue weighted by molar-refractivity contribution is -0.146. The molecule has 1 aliphatic carbocycles. The molecular weight excluding hydrogens is 348 g/mol. The van der Waals surface area contributed by atoms with Crippen molar-refractivity contribution < 1.29 is 28.7 Å². The molecule has 0 spiro atoms. The molecule has 6 heteroatoms. The second kappa shape index (κ2) is 8.93. The monoisotopic (exact) mass is 374 g/mol. The fourth-order valence-corrected chi connectivity index (χ4v) is 3.31. The molecule has 1 aliphatic heterocycles. The first kappa shape index (κ1) is 20.8. The van der Waals surface area contributed by atoms with Gasteiger partial charge in [-0.05, 0) is 30.9 Å². The largest absolute Gasteiger partial charge is 0.461 e. The normalized spacial score (nSPS) is 29.7. The van der Waals surface area contributed by atoms with Crippen LogP contribution in [0.2, 0.25) is 0 Å². The summed E-state index contributed by atoms with van der Waals surface area (Å²) >= 11 is 0. The summed E-state index contributed by atoms with van der Waals surface area (Å²) in [6.07, 6.45) is 4.90. The van der Waals surface area contributed by atoms with Crippen LogP contribution in [0.3, 0.4) is 0 Å². The van der Waals surface area contributed by atoms with Gasteiger partial charge in [-0.3, -0.25) is 14.4 Å². The smallest absolute Gasteiger partial charge is 0.334 e. The number of ether oxygens (including phenoxy) is 2. The highest BCUT2D eigenvalue weighted by molar-refractivity contribution is 5.91. The molecule has 27 heavy (non-hydrogen) atoms. The van der Waals surface area contributed by atoms with Crippen LogP contribution in [0.1, 0.15) is 40.0 Å². The fourth-order valence-electron chi connectivity index (χ4n) is 3.31. The lowest BCUT2D eigenvalue weighted by Gasteiger charge is -2.22. The third-order valence-corrected chi connectivity index (χ3v) is 5.05.